The molecule has 7 heteroatoms. The van der Waals surface area contributed by atoms with Crippen molar-refractivity contribution in [1.82, 2.24) is 4.98 Å². The molecule has 1 aromatic carbocycles. The minimum absolute atomic E-state index is 0.0862. The largest absolute Gasteiger partial charge is 0.375 e. The summed E-state index contributed by atoms with van der Waals surface area (Å²) in [5.74, 6) is 0.226. The van der Waals surface area contributed by atoms with Crippen molar-refractivity contribution >= 4 is 51.4 Å². The number of thioether (sulfide) groups is 1. The summed E-state index contributed by atoms with van der Waals surface area (Å²) in [6, 6.07) is 5.44. The Hall–Kier alpha value is -1.24. The Bertz CT molecular complexity index is 600. The molecule has 100 valence electrons. The predicted molar refractivity (Wildman–Crippen MR) is 82.1 cm³/mol. The second-order valence-corrected chi connectivity index (χ2v) is 6.56. The number of anilines is 2. The lowest BCUT2D eigenvalue weighted by Gasteiger charge is -2.06. The summed E-state index contributed by atoms with van der Waals surface area (Å²) in [6.45, 7) is 1.91. The molecule has 0 radical (unpaired) electrons. The van der Waals surface area contributed by atoms with Gasteiger partial charge in [-0.3, -0.25) is 4.79 Å². The number of nitrogens with one attached hydrogen (secondary N) is 1. The molecule has 1 heterocycles. The summed E-state index contributed by atoms with van der Waals surface area (Å²) in [6.07, 6.45) is 1.67. The maximum Gasteiger partial charge on any atom is 0.234 e. The third-order valence-corrected chi connectivity index (χ3v) is 4.73. The number of halogens is 1. The lowest BCUT2D eigenvalue weighted by Crippen LogP contribution is -2.13. The SMILES string of the molecule is Cc1ccc(NC(=O)CSc2cnc(N)s2)cc1Cl. The lowest BCUT2D eigenvalue weighted by atomic mass is 10.2. The van der Waals surface area contributed by atoms with Crippen LogP contribution in [0.3, 0.4) is 0 Å². The van der Waals surface area contributed by atoms with Gasteiger partial charge in [0.1, 0.15) is 0 Å². The van der Waals surface area contributed by atoms with Gasteiger partial charge >= 0.3 is 0 Å². The molecule has 2 aromatic rings. The number of benzene rings is 1. The summed E-state index contributed by atoms with van der Waals surface area (Å²) >= 11 is 8.77. The number of carbonyl (C=O) groups is 1. The number of nitrogens with zero attached hydrogens (tertiary/aromatic N) is 1. The van der Waals surface area contributed by atoms with Crippen LogP contribution in [0.4, 0.5) is 10.8 Å². The highest BCUT2D eigenvalue weighted by Gasteiger charge is 2.06. The van der Waals surface area contributed by atoms with Crippen LogP contribution in [-0.2, 0) is 4.79 Å². The Balaban J connectivity index is 1.88. The maximum absolute atomic E-state index is 11.8. The third kappa shape index (κ3) is 4.12. The number of hydrogen-bond acceptors (Lipinski definition) is 5. The molecule has 2 rings (SSSR count). The zero-order valence-electron chi connectivity index (χ0n) is 10.1. The van der Waals surface area contributed by atoms with Gasteiger partial charge in [0.05, 0.1) is 16.2 Å². The van der Waals surface area contributed by atoms with E-state index < -0.39 is 0 Å². The molecule has 19 heavy (non-hydrogen) atoms. The van der Waals surface area contributed by atoms with Gasteiger partial charge in [-0.15, -0.1) is 11.8 Å². The van der Waals surface area contributed by atoms with Crippen LogP contribution in [0.5, 0.6) is 0 Å². The smallest absolute Gasteiger partial charge is 0.234 e. The van der Waals surface area contributed by atoms with Crippen LogP contribution < -0.4 is 11.1 Å². The molecule has 0 aliphatic carbocycles. The van der Waals surface area contributed by atoms with E-state index in [1.807, 2.05) is 19.1 Å². The molecule has 3 N–H and O–H groups in total. The van der Waals surface area contributed by atoms with Gasteiger partial charge in [-0.05, 0) is 24.6 Å². The van der Waals surface area contributed by atoms with Crippen molar-refractivity contribution in [2.24, 2.45) is 0 Å². The van der Waals surface area contributed by atoms with Crippen LogP contribution in [0.15, 0.2) is 28.6 Å². The van der Waals surface area contributed by atoms with Crippen molar-refractivity contribution in [1.29, 1.82) is 0 Å². The number of nitrogens with two attached hydrogens (primary N) is 1. The number of aryl methyl sites for hydroxylation is 1. The molecule has 0 bridgehead atoms. The standard InChI is InChI=1S/C12H12ClN3OS2/c1-7-2-3-8(4-9(7)13)16-10(17)6-18-11-5-15-12(14)19-11/h2-5H,6H2,1H3,(H2,14,15)(H,16,17). The van der Waals surface area contributed by atoms with Gasteiger partial charge in [-0.2, -0.15) is 0 Å². The van der Waals surface area contributed by atoms with Crippen molar-refractivity contribution in [2.45, 2.75) is 11.1 Å². The van der Waals surface area contributed by atoms with Crippen LogP contribution >= 0.6 is 34.7 Å². The highest BCUT2D eigenvalue weighted by atomic mass is 35.5. The lowest BCUT2D eigenvalue weighted by molar-refractivity contribution is -0.113. The molecular formula is C12H12ClN3OS2. The topological polar surface area (TPSA) is 68.0 Å². The molecule has 0 saturated carbocycles. The first-order valence-corrected chi connectivity index (χ1v) is 7.62. The Morgan fingerprint density at radius 2 is 2.37 bits per heavy atom. The van der Waals surface area contributed by atoms with Crippen LogP contribution in [0.25, 0.3) is 0 Å². The Labute approximate surface area is 124 Å². The van der Waals surface area contributed by atoms with Crippen molar-refractivity contribution < 1.29 is 4.79 Å². The number of aromatic nitrogens is 1. The van der Waals surface area contributed by atoms with Gasteiger partial charge in [0.15, 0.2) is 5.13 Å². The van der Waals surface area contributed by atoms with Gasteiger partial charge in [0.2, 0.25) is 5.91 Å². The Morgan fingerprint density at radius 1 is 1.58 bits per heavy atom. The first-order chi connectivity index (χ1) is 9.04. The number of thiazole rings is 1. The maximum atomic E-state index is 11.8. The molecule has 0 fully saturated rings. The van der Waals surface area contributed by atoms with E-state index in [0.717, 1.165) is 9.77 Å². The molecule has 0 unspecified atom stereocenters. The predicted octanol–water partition coefficient (Wildman–Crippen LogP) is 3.42. The number of amides is 1. The summed E-state index contributed by atoms with van der Waals surface area (Å²) in [7, 11) is 0. The van der Waals surface area contributed by atoms with Crippen LogP contribution in [0.1, 0.15) is 5.56 Å². The number of rotatable bonds is 4. The van der Waals surface area contributed by atoms with E-state index in [9.17, 15) is 4.79 Å². The number of nitrogen functional groups attached to an aromatic ring is 1. The molecular weight excluding hydrogens is 302 g/mol. The number of hydrogen-bond donors (Lipinski definition) is 2. The molecule has 0 aliphatic heterocycles. The fraction of sp³-hybridized carbons (Fsp3) is 0.167. The molecule has 0 atom stereocenters. The third-order valence-electron chi connectivity index (χ3n) is 2.30. The van der Waals surface area contributed by atoms with Gasteiger partial charge in [0, 0.05) is 10.7 Å². The van der Waals surface area contributed by atoms with Gasteiger partial charge in [-0.25, -0.2) is 4.98 Å². The van der Waals surface area contributed by atoms with Crippen molar-refractivity contribution in [3.63, 3.8) is 0 Å². The van der Waals surface area contributed by atoms with E-state index in [-0.39, 0.29) is 5.91 Å². The van der Waals surface area contributed by atoms with Crippen LogP contribution in [0.2, 0.25) is 5.02 Å². The van der Waals surface area contributed by atoms with Gasteiger partial charge < -0.3 is 11.1 Å². The zero-order chi connectivity index (χ0) is 13.8. The summed E-state index contributed by atoms with van der Waals surface area (Å²) in [4.78, 5) is 15.7. The number of carbonyl (C=O) groups excluding carboxylic acids is 1. The first kappa shape index (κ1) is 14.2. The molecule has 0 spiro atoms. The van der Waals surface area contributed by atoms with E-state index in [0.29, 0.717) is 21.6 Å². The summed E-state index contributed by atoms with van der Waals surface area (Å²) in [5.41, 5.74) is 7.20. The van der Waals surface area contributed by atoms with Crippen molar-refractivity contribution in [3.05, 3.63) is 35.0 Å². The minimum Gasteiger partial charge on any atom is -0.375 e. The van der Waals surface area contributed by atoms with E-state index in [2.05, 4.69) is 10.3 Å². The average Bonchev–Trinajstić information content (AvgIpc) is 2.77. The van der Waals surface area contributed by atoms with Gasteiger partial charge in [-0.1, -0.05) is 29.0 Å². The van der Waals surface area contributed by atoms with Crippen LogP contribution in [0, 0.1) is 6.92 Å². The van der Waals surface area contributed by atoms with Gasteiger partial charge in [0.25, 0.3) is 0 Å². The minimum atomic E-state index is -0.0862. The Kier molecular flexibility index (Phi) is 4.68. The Morgan fingerprint density at radius 3 is 3.00 bits per heavy atom. The normalized spacial score (nSPS) is 10.4. The fourth-order valence-electron chi connectivity index (χ4n) is 1.34. The van der Waals surface area contributed by atoms with E-state index >= 15 is 0 Å². The highest BCUT2D eigenvalue weighted by Crippen LogP contribution is 2.26. The molecule has 0 aliphatic rings. The molecule has 0 saturated heterocycles. The van der Waals surface area contributed by atoms with Crippen molar-refractivity contribution in [3.8, 4) is 0 Å². The quantitative estimate of drug-likeness (QED) is 0.849. The summed E-state index contributed by atoms with van der Waals surface area (Å²) in [5, 5.41) is 3.94. The van der Waals surface area contributed by atoms with Crippen LogP contribution in [-0.4, -0.2) is 16.6 Å². The molecule has 1 aromatic heterocycles. The van der Waals surface area contributed by atoms with E-state index in [1.165, 1.54) is 23.1 Å². The second-order valence-electron chi connectivity index (χ2n) is 3.82. The average molecular weight is 314 g/mol. The molecule has 4 nitrogen and oxygen atoms in total. The molecule has 1 amide bonds. The summed E-state index contributed by atoms with van der Waals surface area (Å²) < 4.78 is 0.926. The van der Waals surface area contributed by atoms with Crippen molar-refractivity contribution in [2.75, 3.05) is 16.8 Å². The zero-order valence-corrected chi connectivity index (χ0v) is 12.5. The van der Waals surface area contributed by atoms with E-state index in [4.69, 9.17) is 17.3 Å². The second kappa shape index (κ2) is 6.27. The fourth-order valence-corrected chi connectivity index (χ4v) is 3.08. The first-order valence-electron chi connectivity index (χ1n) is 5.44. The van der Waals surface area contributed by atoms with E-state index in [1.54, 1.807) is 12.3 Å². The highest BCUT2D eigenvalue weighted by molar-refractivity contribution is 8.01. The monoisotopic (exact) mass is 313 g/mol.